The van der Waals surface area contributed by atoms with E-state index in [1.165, 1.54) is 4.68 Å². The molecule has 0 unspecified atom stereocenters. The molecule has 0 aliphatic rings. The number of anilines is 1. The molecule has 28 heavy (non-hydrogen) atoms. The third-order valence-corrected chi connectivity index (χ3v) is 4.04. The van der Waals surface area contributed by atoms with Gasteiger partial charge in [-0.25, -0.2) is 0 Å². The van der Waals surface area contributed by atoms with Gasteiger partial charge in [-0.15, -0.1) is 5.10 Å². The number of furan rings is 1. The van der Waals surface area contributed by atoms with Gasteiger partial charge in [-0.05, 0) is 42.5 Å². The van der Waals surface area contributed by atoms with Crippen molar-refractivity contribution >= 4 is 11.9 Å². The predicted molar refractivity (Wildman–Crippen MR) is 102 cm³/mol. The van der Waals surface area contributed by atoms with E-state index in [0.29, 0.717) is 41.0 Å². The lowest BCUT2D eigenvalue weighted by Gasteiger charge is -2.07. The van der Waals surface area contributed by atoms with Crippen molar-refractivity contribution in [3.8, 4) is 17.1 Å². The zero-order valence-corrected chi connectivity index (χ0v) is 15.1. The Morgan fingerprint density at radius 1 is 1.21 bits per heavy atom. The lowest BCUT2D eigenvalue weighted by atomic mass is 10.2. The average Bonchev–Trinajstić information content (AvgIpc) is 3.42. The standard InChI is InChI=1S/C20H17N5O3/c1-27-16-7-2-5-14(11-16)19(26)25-20(22-13-17-8-4-10-28-17)23-18(24-25)15-6-3-9-21-12-15/h2-12H,13H2,1H3,(H,22,23,24). The van der Waals surface area contributed by atoms with Crippen molar-refractivity contribution in [3.63, 3.8) is 0 Å². The third kappa shape index (κ3) is 3.61. The first-order valence-corrected chi connectivity index (χ1v) is 8.57. The lowest BCUT2D eigenvalue weighted by molar-refractivity contribution is 0.0947. The molecule has 0 bridgehead atoms. The highest BCUT2D eigenvalue weighted by Gasteiger charge is 2.19. The summed E-state index contributed by atoms with van der Waals surface area (Å²) in [5.41, 5.74) is 1.14. The summed E-state index contributed by atoms with van der Waals surface area (Å²) in [5, 5.41) is 7.50. The fourth-order valence-electron chi connectivity index (χ4n) is 2.64. The second kappa shape index (κ2) is 7.75. The SMILES string of the molecule is COc1cccc(C(=O)n2nc(-c3cccnc3)nc2NCc2ccco2)c1. The number of nitrogens with zero attached hydrogens (tertiary/aromatic N) is 4. The molecule has 0 radical (unpaired) electrons. The van der Waals surface area contributed by atoms with Gasteiger partial charge in [-0.2, -0.15) is 9.67 Å². The number of methoxy groups -OCH3 is 1. The maximum absolute atomic E-state index is 13.1. The van der Waals surface area contributed by atoms with Crippen LogP contribution in [0.1, 0.15) is 16.1 Å². The number of hydrogen-bond acceptors (Lipinski definition) is 7. The number of rotatable bonds is 6. The lowest BCUT2D eigenvalue weighted by Crippen LogP contribution is -2.17. The molecule has 140 valence electrons. The van der Waals surface area contributed by atoms with Gasteiger partial charge in [0, 0.05) is 23.5 Å². The molecular weight excluding hydrogens is 358 g/mol. The van der Waals surface area contributed by atoms with Crippen molar-refractivity contribution in [1.82, 2.24) is 19.7 Å². The van der Waals surface area contributed by atoms with E-state index in [0.717, 1.165) is 0 Å². The van der Waals surface area contributed by atoms with Gasteiger partial charge >= 0.3 is 0 Å². The van der Waals surface area contributed by atoms with Crippen LogP contribution in [-0.2, 0) is 6.54 Å². The summed E-state index contributed by atoms with van der Waals surface area (Å²) in [6, 6.07) is 14.1. The van der Waals surface area contributed by atoms with E-state index in [1.54, 1.807) is 62.2 Å². The summed E-state index contributed by atoms with van der Waals surface area (Å²) < 4.78 is 11.8. The molecule has 0 saturated heterocycles. The minimum atomic E-state index is -0.330. The predicted octanol–water partition coefficient (Wildman–Crippen LogP) is 3.24. The van der Waals surface area contributed by atoms with Gasteiger partial charge in [0.15, 0.2) is 5.82 Å². The van der Waals surface area contributed by atoms with E-state index in [4.69, 9.17) is 9.15 Å². The summed E-state index contributed by atoms with van der Waals surface area (Å²) in [6.07, 6.45) is 4.90. The molecule has 4 aromatic rings. The summed E-state index contributed by atoms with van der Waals surface area (Å²) in [5.74, 6) is 1.67. The molecule has 0 spiro atoms. The average molecular weight is 375 g/mol. The van der Waals surface area contributed by atoms with Crippen LogP contribution in [-0.4, -0.2) is 32.8 Å². The zero-order chi connectivity index (χ0) is 19.3. The van der Waals surface area contributed by atoms with Crippen LogP contribution in [0.25, 0.3) is 11.4 Å². The second-order valence-corrected chi connectivity index (χ2v) is 5.88. The first kappa shape index (κ1) is 17.5. The van der Waals surface area contributed by atoms with Gasteiger partial charge < -0.3 is 14.5 Å². The van der Waals surface area contributed by atoms with Crippen LogP contribution in [0.4, 0.5) is 5.95 Å². The molecule has 1 N–H and O–H groups in total. The molecule has 0 saturated carbocycles. The van der Waals surface area contributed by atoms with E-state index in [9.17, 15) is 4.79 Å². The van der Waals surface area contributed by atoms with Gasteiger partial charge in [0.05, 0.1) is 19.9 Å². The maximum Gasteiger partial charge on any atom is 0.281 e. The van der Waals surface area contributed by atoms with E-state index in [2.05, 4.69) is 20.4 Å². The van der Waals surface area contributed by atoms with Crippen molar-refractivity contribution in [2.24, 2.45) is 0 Å². The van der Waals surface area contributed by atoms with E-state index >= 15 is 0 Å². The zero-order valence-electron chi connectivity index (χ0n) is 15.1. The quantitative estimate of drug-likeness (QED) is 0.553. The van der Waals surface area contributed by atoms with Crippen molar-refractivity contribution < 1.29 is 13.9 Å². The molecule has 0 aliphatic heterocycles. The number of hydrogen-bond donors (Lipinski definition) is 1. The number of aromatic nitrogens is 4. The smallest absolute Gasteiger partial charge is 0.281 e. The van der Waals surface area contributed by atoms with Crippen LogP contribution >= 0.6 is 0 Å². The molecule has 8 nitrogen and oxygen atoms in total. The Labute approximate surface area is 160 Å². The Kier molecular flexibility index (Phi) is 4.83. The Morgan fingerprint density at radius 2 is 2.14 bits per heavy atom. The van der Waals surface area contributed by atoms with Crippen LogP contribution < -0.4 is 10.1 Å². The van der Waals surface area contributed by atoms with Crippen LogP contribution in [0.3, 0.4) is 0 Å². The Bertz CT molecular complexity index is 1070. The van der Waals surface area contributed by atoms with E-state index in [1.807, 2.05) is 12.1 Å². The van der Waals surface area contributed by atoms with Gasteiger partial charge in [-0.1, -0.05) is 6.07 Å². The van der Waals surface area contributed by atoms with Crippen LogP contribution in [0.5, 0.6) is 5.75 Å². The molecule has 0 atom stereocenters. The fourth-order valence-corrected chi connectivity index (χ4v) is 2.64. The molecular formula is C20H17N5O3. The minimum absolute atomic E-state index is 0.308. The normalized spacial score (nSPS) is 10.6. The highest BCUT2D eigenvalue weighted by Crippen LogP contribution is 2.20. The first-order valence-electron chi connectivity index (χ1n) is 8.57. The molecule has 0 fully saturated rings. The summed E-state index contributed by atoms with van der Waals surface area (Å²) in [7, 11) is 1.55. The van der Waals surface area contributed by atoms with Crippen molar-refractivity contribution in [3.05, 3.63) is 78.5 Å². The molecule has 3 aromatic heterocycles. The fraction of sp³-hybridized carbons (Fsp3) is 0.100. The van der Waals surface area contributed by atoms with Gasteiger partial charge in [0.2, 0.25) is 5.95 Å². The van der Waals surface area contributed by atoms with Crippen LogP contribution in [0.2, 0.25) is 0 Å². The second-order valence-electron chi connectivity index (χ2n) is 5.88. The molecule has 8 heteroatoms. The van der Waals surface area contributed by atoms with Crippen LogP contribution in [0.15, 0.2) is 71.6 Å². The van der Waals surface area contributed by atoms with E-state index < -0.39 is 0 Å². The number of ether oxygens (including phenoxy) is 1. The monoisotopic (exact) mass is 375 g/mol. The van der Waals surface area contributed by atoms with Gasteiger partial charge in [-0.3, -0.25) is 9.78 Å². The number of pyridine rings is 1. The number of carbonyl (C=O) groups is 1. The summed E-state index contributed by atoms with van der Waals surface area (Å²) in [4.78, 5) is 21.6. The maximum atomic E-state index is 13.1. The highest BCUT2D eigenvalue weighted by molar-refractivity contribution is 5.97. The molecule has 0 aliphatic carbocycles. The summed E-state index contributed by atoms with van der Waals surface area (Å²) in [6.45, 7) is 0.365. The largest absolute Gasteiger partial charge is 0.497 e. The van der Waals surface area contributed by atoms with Gasteiger partial charge in [0.25, 0.3) is 5.91 Å². The number of carbonyl (C=O) groups excluding carboxylic acids is 1. The number of benzene rings is 1. The van der Waals surface area contributed by atoms with Gasteiger partial charge in [0.1, 0.15) is 11.5 Å². The summed E-state index contributed by atoms with van der Waals surface area (Å²) >= 11 is 0. The van der Waals surface area contributed by atoms with E-state index in [-0.39, 0.29) is 5.91 Å². The molecule has 4 rings (SSSR count). The Balaban J connectivity index is 1.70. The topological polar surface area (TPSA) is 95.1 Å². The Hall–Kier alpha value is -3.94. The molecule has 3 heterocycles. The number of nitrogens with one attached hydrogen (secondary N) is 1. The van der Waals surface area contributed by atoms with Crippen LogP contribution in [0, 0.1) is 0 Å². The highest BCUT2D eigenvalue weighted by atomic mass is 16.5. The van der Waals surface area contributed by atoms with Crippen molar-refractivity contribution in [1.29, 1.82) is 0 Å². The minimum Gasteiger partial charge on any atom is -0.497 e. The Morgan fingerprint density at radius 3 is 2.89 bits per heavy atom. The van der Waals surface area contributed by atoms with Crippen molar-refractivity contribution in [2.45, 2.75) is 6.54 Å². The first-order chi connectivity index (χ1) is 13.7. The third-order valence-electron chi connectivity index (χ3n) is 4.04. The molecule has 0 amide bonds. The molecule has 1 aromatic carbocycles. The van der Waals surface area contributed by atoms with Crippen molar-refractivity contribution in [2.75, 3.05) is 12.4 Å².